The number of halogens is 1. The summed E-state index contributed by atoms with van der Waals surface area (Å²) in [6.07, 6.45) is 3.00. The molecule has 4 heteroatoms. The molecule has 1 aliphatic rings. The van der Waals surface area contributed by atoms with Crippen LogP contribution in [0.25, 0.3) is 0 Å². The fraction of sp³-hybridized carbons (Fsp3) is 0.455. The van der Waals surface area contributed by atoms with Gasteiger partial charge in [0.15, 0.2) is 0 Å². The molecule has 3 nitrogen and oxygen atoms in total. The van der Waals surface area contributed by atoms with Gasteiger partial charge in [0.2, 0.25) is 5.91 Å². The zero-order valence-corrected chi connectivity index (χ0v) is 9.34. The first-order valence-electron chi connectivity index (χ1n) is 5.08. The van der Waals surface area contributed by atoms with Gasteiger partial charge in [0.05, 0.1) is 11.4 Å². The fourth-order valence-corrected chi connectivity index (χ4v) is 1.64. The Morgan fingerprint density at radius 3 is 2.93 bits per heavy atom. The lowest BCUT2D eigenvalue weighted by atomic mass is 10.2. The summed E-state index contributed by atoms with van der Waals surface area (Å²) < 4.78 is 0. The molecule has 0 spiro atoms. The van der Waals surface area contributed by atoms with E-state index in [1.165, 1.54) is 12.8 Å². The van der Waals surface area contributed by atoms with Gasteiger partial charge in [0, 0.05) is 6.42 Å². The summed E-state index contributed by atoms with van der Waals surface area (Å²) in [5.41, 5.74) is 1.51. The van der Waals surface area contributed by atoms with Crippen LogP contribution in [0.5, 0.6) is 0 Å². The fourth-order valence-electron chi connectivity index (χ4n) is 1.45. The van der Waals surface area contributed by atoms with Crippen molar-refractivity contribution in [1.29, 1.82) is 0 Å². The molecule has 1 fully saturated rings. The number of hydrogen-bond acceptors (Lipinski definition) is 2. The minimum Gasteiger partial charge on any atom is -0.324 e. The number of carbonyl (C=O) groups is 1. The van der Waals surface area contributed by atoms with Crippen LogP contribution in [0.15, 0.2) is 12.1 Å². The summed E-state index contributed by atoms with van der Waals surface area (Å²) in [4.78, 5) is 15.6. The maximum absolute atomic E-state index is 11.5. The maximum Gasteiger partial charge on any atom is 0.224 e. The molecule has 0 radical (unpaired) electrons. The van der Waals surface area contributed by atoms with Crippen LogP contribution in [0.1, 0.15) is 25.0 Å². The predicted molar refractivity (Wildman–Crippen MR) is 60.0 cm³/mol. The summed E-state index contributed by atoms with van der Waals surface area (Å²) in [6, 6.07) is 3.47. The average molecular weight is 225 g/mol. The second kappa shape index (κ2) is 4.19. The van der Waals surface area contributed by atoms with Crippen molar-refractivity contribution in [3.05, 3.63) is 23.0 Å². The third-order valence-electron chi connectivity index (χ3n) is 2.50. The maximum atomic E-state index is 11.5. The number of nitrogens with one attached hydrogen (secondary N) is 1. The average Bonchev–Trinajstić information content (AvgIpc) is 2.94. The van der Waals surface area contributed by atoms with Crippen molar-refractivity contribution in [3.8, 4) is 0 Å². The Morgan fingerprint density at radius 2 is 2.33 bits per heavy atom. The molecule has 0 saturated heterocycles. The minimum atomic E-state index is 0.0738. The van der Waals surface area contributed by atoms with Crippen molar-refractivity contribution in [2.75, 3.05) is 5.32 Å². The number of carbonyl (C=O) groups excluding carboxylic acids is 1. The van der Waals surface area contributed by atoms with E-state index in [1.807, 2.05) is 6.92 Å². The Hall–Kier alpha value is -1.09. The second-order valence-electron chi connectivity index (χ2n) is 3.96. The zero-order valence-electron chi connectivity index (χ0n) is 8.59. The van der Waals surface area contributed by atoms with Gasteiger partial charge in [-0.05, 0) is 37.8 Å². The molecule has 1 aromatic rings. The van der Waals surface area contributed by atoms with Crippen LogP contribution in [0.3, 0.4) is 0 Å². The molecule has 2 rings (SSSR count). The summed E-state index contributed by atoms with van der Waals surface area (Å²) in [5, 5.41) is 3.30. The number of nitrogens with zero attached hydrogens (tertiary/aromatic N) is 1. The number of hydrogen-bond donors (Lipinski definition) is 1. The Morgan fingerprint density at radius 1 is 1.60 bits per heavy atom. The highest BCUT2D eigenvalue weighted by Crippen LogP contribution is 2.32. The van der Waals surface area contributed by atoms with Crippen LogP contribution in [-0.2, 0) is 4.79 Å². The molecule has 1 aromatic heterocycles. The van der Waals surface area contributed by atoms with E-state index >= 15 is 0 Å². The van der Waals surface area contributed by atoms with Gasteiger partial charge in [-0.3, -0.25) is 4.79 Å². The molecule has 1 saturated carbocycles. The minimum absolute atomic E-state index is 0.0738. The van der Waals surface area contributed by atoms with E-state index in [2.05, 4.69) is 10.3 Å². The van der Waals surface area contributed by atoms with E-state index in [0.717, 1.165) is 11.4 Å². The van der Waals surface area contributed by atoms with Crippen molar-refractivity contribution < 1.29 is 4.79 Å². The first-order valence-corrected chi connectivity index (χ1v) is 5.46. The van der Waals surface area contributed by atoms with E-state index in [9.17, 15) is 4.79 Å². The summed E-state index contributed by atoms with van der Waals surface area (Å²) >= 11 is 5.72. The van der Waals surface area contributed by atoms with Gasteiger partial charge in [-0.25, -0.2) is 4.98 Å². The number of anilines is 1. The molecule has 1 N–H and O–H groups in total. The van der Waals surface area contributed by atoms with Crippen LogP contribution in [0.4, 0.5) is 5.69 Å². The smallest absolute Gasteiger partial charge is 0.224 e. The quantitative estimate of drug-likeness (QED) is 0.803. The lowest BCUT2D eigenvalue weighted by molar-refractivity contribution is -0.116. The molecule has 0 aliphatic heterocycles. The van der Waals surface area contributed by atoms with Crippen molar-refractivity contribution in [1.82, 2.24) is 4.98 Å². The third-order valence-corrected chi connectivity index (χ3v) is 2.71. The van der Waals surface area contributed by atoms with Crippen molar-refractivity contribution in [2.45, 2.75) is 26.2 Å². The molecule has 15 heavy (non-hydrogen) atoms. The highest BCUT2D eigenvalue weighted by molar-refractivity contribution is 6.29. The van der Waals surface area contributed by atoms with E-state index < -0.39 is 0 Å². The van der Waals surface area contributed by atoms with Gasteiger partial charge < -0.3 is 5.32 Å². The lowest BCUT2D eigenvalue weighted by Gasteiger charge is -2.07. The molecule has 1 heterocycles. The number of rotatable bonds is 3. The molecule has 80 valence electrons. The first kappa shape index (κ1) is 10.4. The zero-order chi connectivity index (χ0) is 10.8. The van der Waals surface area contributed by atoms with Gasteiger partial charge in [-0.2, -0.15) is 0 Å². The van der Waals surface area contributed by atoms with Gasteiger partial charge >= 0.3 is 0 Å². The molecular formula is C11H13ClN2O. The van der Waals surface area contributed by atoms with E-state index in [4.69, 9.17) is 11.6 Å². The number of aryl methyl sites for hydroxylation is 1. The van der Waals surface area contributed by atoms with Crippen LogP contribution in [0.2, 0.25) is 5.15 Å². The normalized spacial score (nSPS) is 15.1. The van der Waals surface area contributed by atoms with Crippen LogP contribution >= 0.6 is 11.6 Å². The topological polar surface area (TPSA) is 42.0 Å². The Labute approximate surface area is 93.8 Å². The molecule has 0 unspecified atom stereocenters. The highest BCUT2D eigenvalue weighted by Gasteiger charge is 2.24. The Bertz CT molecular complexity index is 388. The molecule has 1 aliphatic carbocycles. The number of amides is 1. The molecular weight excluding hydrogens is 212 g/mol. The van der Waals surface area contributed by atoms with Gasteiger partial charge in [-0.15, -0.1) is 0 Å². The van der Waals surface area contributed by atoms with Crippen molar-refractivity contribution in [2.24, 2.45) is 5.92 Å². The van der Waals surface area contributed by atoms with Crippen molar-refractivity contribution in [3.63, 3.8) is 0 Å². The van der Waals surface area contributed by atoms with Gasteiger partial charge in [0.1, 0.15) is 5.15 Å². The predicted octanol–water partition coefficient (Wildman–Crippen LogP) is 2.78. The van der Waals surface area contributed by atoms with Gasteiger partial charge in [0.25, 0.3) is 0 Å². The number of aromatic nitrogens is 1. The Kier molecular flexibility index (Phi) is 2.91. The van der Waals surface area contributed by atoms with Crippen LogP contribution in [0, 0.1) is 12.8 Å². The van der Waals surface area contributed by atoms with E-state index in [1.54, 1.807) is 12.1 Å². The van der Waals surface area contributed by atoms with E-state index in [-0.39, 0.29) is 5.91 Å². The standard InChI is InChI=1S/C11H13ClN2O/c1-7-9(4-5-10(12)13-7)14-11(15)6-8-2-3-8/h4-5,8H,2-3,6H2,1H3,(H,14,15). The molecule has 0 atom stereocenters. The van der Waals surface area contributed by atoms with Gasteiger partial charge in [-0.1, -0.05) is 11.6 Å². The summed E-state index contributed by atoms with van der Waals surface area (Å²) in [5.74, 6) is 0.676. The van der Waals surface area contributed by atoms with E-state index in [0.29, 0.717) is 17.5 Å². The third kappa shape index (κ3) is 2.93. The number of pyridine rings is 1. The van der Waals surface area contributed by atoms with Crippen LogP contribution in [-0.4, -0.2) is 10.9 Å². The second-order valence-corrected chi connectivity index (χ2v) is 4.35. The lowest BCUT2D eigenvalue weighted by Crippen LogP contribution is -2.13. The monoisotopic (exact) mass is 224 g/mol. The highest BCUT2D eigenvalue weighted by atomic mass is 35.5. The first-order chi connectivity index (χ1) is 7.15. The summed E-state index contributed by atoms with van der Waals surface area (Å²) in [7, 11) is 0. The largest absolute Gasteiger partial charge is 0.324 e. The molecule has 0 bridgehead atoms. The summed E-state index contributed by atoms with van der Waals surface area (Å²) in [6.45, 7) is 1.83. The SMILES string of the molecule is Cc1nc(Cl)ccc1NC(=O)CC1CC1. The Balaban J connectivity index is 1.99. The molecule has 0 aromatic carbocycles. The molecule has 1 amide bonds. The van der Waals surface area contributed by atoms with Crippen LogP contribution < -0.4 is 5.32 Å². The van der Waals surface area contributed by atoms with Crippen molar-refractivity contribution >= 4 is 23.2 Å².